The van der Waals surface area contributed by atoms with Crippen LogP contribution in [0.3, 0.4) is 0 Å². The molecule has 1 saturated heterocycles. The Labute approximate surface area is 266 Å². The van der Waals surface area contributed by atoms with Crippen molar-refractivity contribution in [3.8, 4) is 11.3 Å². The number of carbonyl (C=O) groups is 1. The van der Waals surface area contributed by atoms with Gasteiger partial charge in [-0.2, -0.15) is 0 Å². The Morgan fingerprint density at radius 1 is 1.05 bits per heavy atom. The van der Waals surface area contributed by atoms with Crippen molar-refractivity contribution in [2.45, 2.75) is 78.2 Å². The third-order valence-electron chi connectivity index (χ3n) is 9.69. The topological polar surface area (TPSA) is 64.6 Å². The molecule has 232 valence electrons. The molecule has 1 aromatic carbocycles. The molecule has 44 heavy (non-hydrogen) atoms. The Hall–Kier alpha value is -3.13. The summed E-state index contributed by atoms with van der Waals surface area (Å²) >= 11 is 1.72. The highest BCUT2D eigenvalue weighted by Crippen LogP contribution is 2.41. The Morgan fingerprint density at radius 2 is 1.75 bits per heavy atom. The van der Waals surface area contributed by atoms with E-state index in [4.69, 9.17) is 0 Å². The number of benzene rings is 1. The van der Waals surface area contributed by atoms with E-state index in [1.807, 2.05) is 32.5 Å². The van der Waals surface area contributed by atoms with Crippen LogP contribution < -0.4 is 0 Å². The number of thiophene rings is 1. The quantitative estimate of drug-likeness (QED) is 0.177. The van der Waals surface area contributed by atoms with E-state index in [1.165, 1.54) is 58.2 Å². The summed E-state index contributed by atoms with van der Waals surface area (Å²) in [6, 6.07) is 13.3. The third-order valence-corrected chi connectivity index (χ3v) is 11.1. The van der Waals surface area contributed by atoms with E-state index in [0.29, 0.717) is 0 Å². The van der Waals surface area contributed by atoms with E-state index in [2.05, 4.69) is 75.0 Å². The number of piperazine rings is 1. The minimum Gasteiger partial charge on any atom is -0.346 e. The first-order valence-corrected chi connectivity index (χ1v) is 17.2. The van der Waals surface area contributed by atoms with Crippen LogP contribution in [0.15, 0.2) is 53.8 Å². The lowest BCUT2D eigenvalue weighted by Gasteiger charge is -2.34. The van der Waals surface area contributed by atoms with Gasteiger partial charge in [-0.25, -0.2) is 4.99 Å². The number of hydrogen-bond acceptors (Lipinski definition) is 5. The fourth-order valence-electron chi connectivity index (χ4n) is 6.66. The maximum atomic E-state index is 13.3. The summed E-state index contributed by atoms with van der Waals surface area (Å²) in [5.41, 5.74) is 7.05. The van der Waals surface area contributed by atoms with Crippen molar-refractivity contribution in [2.75, 3.05) is 32.7 Å². The second-order valence-electron chi connectivity index (χ2n) is 13.5. The molecule has 1 aliphatic heterocycles. The Bertz CT molecular complexity index is 1590. The fraction of sp³-hybridized carbons (Fsp3) is 0.486. The number of carbonyl (C=O) groups excluding carboxylic acids is 1. The molecule has 4 heterocycles. The van der Waals surface area contributed by atoms with Crippen LogP contribution in [0.25, 0.3) is 21.5 Å². The molecule has 7 heteroatoms. The summed E-state index contributed by atoms with van der Waals surface area (Å²) in [6.07, 6.45) is 12.7. The smallest absolute Gasteiger partial charge is 0.256 e. The van der Waals surface area contributed by atoms with Gasteiger partial charge in [0.15, 0.2) is 0 Å². The second kappa shape index (κ2) is 13.5. The standard InChI is InChI=1S/C37H47N5OS/c1-26-21-27(2)23-30(22-26)34-31(12-16-41-17-19-42(20-18-41)25-29-10-14-38-15-11-29)32-24-33(44-35(32)40-34)37(3,4)36(43)39-13-6-9-28-7-5-8-28/h10-11,13-15,21-24,28,40H,5-9,12,16-20,25H2,1-4H3. The van der Waals surface area contributed by atoms with Crippen molar-refractivity contribution in [3.05, 3.63) is 75.9 Å². The van der Waals surface area contributed by atoms with Gasteiger partial charge in [0, 0.05) is 68.1 Å². The first-order valence-electron chi connectivity index (χ1n) is 16.4. The summed E-state index contributed by atoms with van der Waals surface area (Å²) in [7, 11) is 0. The average molecular weight is 610 g/mol. The molecule has 3 aromatic heterocycles. The van der Waals surface area contributed by atoms with Crippen LogP contribution >= 0.6 is 11.3 Å². The summed E-state index contributed by atoms with van der Waals surface area (Å²) < 4.78 is 0. The minimum absolute atomic E-state index is 0.0456. The molecule has 2 fully saturated rings. The van der Waals surface area contributed by atoms with Crippen LogP contribution in [0.1, 0.15) is 73.1 Å². The molecule has 0 spiro atoms. The van der Waals surface area contributed by atoms with Crippen molar-refractivity contribution >= 4 is 33.7 Å². The lowest BCUT2D eigenvalue weighted by molar-refractivity contribution is -0.122. The highest BCUT2D eigenvalue weighted by atomic mass is 32.1. The van der Waals surface area contributed by atoms with Crippen LogP contribution in [0.5, 0.6) is 0 Å². The summed E-state index contributed by atoms with van der Waals surface area (Å²) in [5, 5.41) is 1.25. The number of pyridine rings is 1. The van der Waals surface area contributed by atoms with Crippen molar-refractivity contribution in [1.29, 1.82) is 0 Å². The van der Waals surface area contributed by atoms with Crippen LogP contribution in [-0.2, 0) is 23.2 Å². The first kappa shape index (κ1) is 30.9. The summed E-state index contributed by atoms with van der Waals surface area (Å²) in [6.45, 7) is 14.7. The maximum Gasteiger partial charge on any atom is 0.256 e. The number of fused-ring (bicyclic) bond motifs is 1. The molecule has 6 rings (SSSR count). The molecule has 0 atom stereocenters. The van der Waals surface area contributed by atoms with E-state index < -0.39 is 5.41 Å². The van der Waals surface area contributed by atoms with Crippen molar-refractivity contribution < 1.29 is 4.79 Å². The molecule has 4 aromatic rings. The van der Waals surface area contributed by atoms with Gasteiger partial charge in [0.25, 0.3) is 5.91 Å². The number of nitrogens with zero attached hydrogens (tertiary/aromatic N) is 4. The molecule has 1 aliphatic carbocycles. The Morgan fingerprint density at radius 3 is 2.43 bits per heavy atom. The largest absolute Gasteiger partial charge is 0.346 e. The van der Waals surface area contributed by atoms with Crippen LogP contribution in [0, 0.1) is 19.8 Å². The van der Waals surface area contributed by atoms with Crippen LogP contribution in [-0.4, -0.2) is 64.6 Å². The van der Waals surface area contributed by atoms with Gasteiger partial charge in [-0.3, -0.25) is 14.7 Å². The van der Waals surface area contributed by atoms with Gasteiger partial charge in [0.1, 0.15) is 4.83 Å². The maximum absolute atomic E-state index is 13.3. The highest BCUT2D eigenvalue weighted by Gasteiger charge is 2.32. The SMILES string of the molecule is Cc1cc(C)cc(-c2[nH]c3sc(C(C)(C)C(=O)N=CCCC4CCC4)cc3c2CCN2CCN(Cc3ccncc3)CC2)c1. The molecular weight excluding hydrogens is 563 g/mol. The zero-order valence-corrected chi connectivity index (χ0v) is 27.7. The van der Waals surface area contributed by atoms with Crippen molar-refractivity contribution in [3.63, 3.8) is 0 Å². The molecule has 6 nitrogen and oxygen atoms in total. The molecular formula is C37H47N5OS. The van der Waals surface area contributed by atoms with E-state index in [1.54, 1.807) is 11.3 Å². The first-order chi connectivity index (χ1) is 21.3. The lowest BCUT2D eigenvalue weighted by atomic mass is 9.82. The minimum atomic E-state index is -0.653. The second-order valence-corrected chi connectivity index (χ2v) is 14.6. The normalized spacial score (nSPS) is 17.1. The number of H-pyrrole nitrogens is 1. The number of nitrogens with one attached hydrogen (secondary N) is 1. The molecule has 1 saturated carbocycles. The third kappa shape index (κ3) is 7.06. The molecule has 0 bridgehead atoms. The highest BCUT2D eigenvalue weighted by molar-refractivity contribution is 7.19. The number of hydrogen-bond donors (Lipinski definition) is 1. The van der Waals surface area contributed by atoms with Gasteiger partial charge in [-0.15, -0.1) is 11.3 Å². The van der Waals surface area contributed by atoms with Gasteiger partial charge >= 0.3 is 0 Å². The summed E-state index contributed by atoms with van der Waals surface area (Å²) in [4.78, 5) is 33.1. The predicted octanol–water partition coefficient (Wildman–Crippen LogP) is 7.72. The van der Waals surface area contributed by atoms with E-state index >= 15 is 0 Å². The number of amides is 1. The van der Waals surface area contributed by atoms with Gasteiger partial charge < -0.3 is 9.88 Å². The van der Waals surface area contributed by atoms with Crippen LogP contribution in [0.2, 0.25) is 0 Å². The van der Waals surface area contributed by atoms with Gasteiger partial charge in [0.05, 0.1) is 11.1 Å². The van der Waals surface area contributed by atoms with E-state index in [-0.39, 0.29) is 5.91 Å². The zero-order chi connectivity index (χ0) is 30.7. The zero-order valence-electron chi connectivity index (χ0n) is 26.9. The number of rotatable bonds is 11. The predicted molar refractivity (Wildman–Crippen MR) is 184 cm³/mol. The number of aromatic nitrogens is 2. The molecule has 1 amide bonds. The van der Waals surface area contributed by atoms with E-state index in [0.717, 1.165) is 74.2 Å². The van der Waals surface area contributed by atoms with Crippen molar-refractivity contribution in [2.24, 2.45) is 10.9 Å². The Balaban J connectivity index is 1.19. The van der Waals surface area contributed by atoms with Crippen molar-refractivity contribution in [1.82, 2.24) is 19.8 Å². The van der Waals surface area contributed by atoms with E-state index in [9.17, 15) is 4.79 Å². The van der Waals surface area contributed by atoms with Gasteiger partial charge in [-0.05, 0) is 99.9 Å². The number of aromatic amines is 1. The fourth-order valence-corrected chi connectivity index (χ4v) is 7.84. The number of aliphatic imine (C=N–C) groups is 1. The molecule has 0 radical (unpaired) electrons. The van der Waals surface area contributed by atoms with Gasteiger partial charge in [0.2, 0.25) is 0 Å². The summed E-state index contributed by atoms with van der Waals surface area (Å²) in [5.74, 6) is 0.791. The molecule has 0 unspecified atom stereocenters. The molecule has 2 aliphatic rings. The monoisotopic (exact) mass is 609 g/mol. The Kier molecular flexibility index (Phi) is 9.45. The van der Waals surface area contributed by atoms with Gasteiger partial charge in [-0.1, -0.05) is 36.5 Å². The average Bonchev–Trinajstić information content (AvgIpc) is 3.55. The van der Waals surface area contributed by atoms with Crippen LogP contribution in [0.4, 0.5) is 0 Å². The molecule has 1 N–H and O–H groups in total. The number of aryl methyl sites for hydroxylation is 2. The lowest BCUT2D eigenvalue weighted by Crippen LogP contribution is -2.46.